The molecule has 2 fully saturated rings. The number of hydrogen-bond acceptors (Lipinski definition) is 6. The SMILES string of the molecule is O=C(O)N1C2COCC1CN(c1ccc([N+](=O)[O-])cc1CO)C2. The molecule has 23 heavy (non-hydrogen) atoms. The first-order valence-electron chi connectivity index (χ1n) is 7.23. The van der Waals surface area contributed by atoms with E-state index < -0.39 is 11.0 Å². The fourth-order valence-electron chi connectivity index (χ4n) is 3.29. The van der Waals surface area contributed by atoms with Gasteiger partial charge in [0.15, 0.2) is 0 Å². The van der Waals surface area contributed by atoms with Crippen LogP contribution in [0.2, 0.25) is 0 Å². The molecule has 2 atom stereocenters. The van der Waals surface area contributed by atoms with Gasteiger partial charge in [-0.15, -0.1) is 0 Å². The van der Waals surface area contributed by atoms with Crippen molar-refractivity contribution in [3.05, 3.63) is 33.9 Å². The maximum absolute atomic E-state index is 11.4. The molecule has 0 saturated carbocycles. The molecule has 0 radical (unpaired) electrons. The van der Waals surface area contributed by atoms with E-state index in [0.29, 0.717) is 37.6 Å². The molecule has 9 heteroatoms. The van der Waals surface area contributed by atoms with Gasteiger partial charge in [0.1, 0.15) is 0 Å². The van der Waals surface area contributed by atoms with E-state index in [-0.39, 0.29) is 24.4 Å². The van der Waals surface area contributed by atoms with Crippen molar-refractivity contribution in [2.75, 3.05) is 31.2 Å². The van der Waals surface area contributed by atoms with Crippen molar-refractivity contribution in [3.63, 3.8) is 0 Å². The van der Waals surface area contributed by atoms with Gasteiger partial charge in [0.25, 0.3) is 5.69 Å². The number of piperazine rings is 1. The first-order chi connectivity index (χ1) is 11.0. The normalized spacial score (nSPS) is 23.7. The van der Waals surface area contributed by atoms with Gasteiger partial charge >= 0.3 is 6.09 Å². The Hall–Kier alpha value is -2.39. The Bertz CT molecular complexity index is 623. The van der Waals surface area contributed by atoms with E-state index in [9.17, 15) is 25.1 Å². The van der Waals surface area contributed by atoms with E-state index in [1.807, 2.05) is 4.90 Å². The molecule has 2 saturated heterocycles. The van der Waals surface area contributed by atoms with Crippen LogP contribution < -0.4 is 4.90 Å². The Morgan fingerprint density at radius 2 is 2.00 bits per heavy atom. The van der Waals surface area contributed by atoms with Gasteiger partial charge in [-0.3, -0.25) is 15.0 Å². The number of non-ortho nitro benzene ring substituents is 1. The quantitative estimate of drug-likeness (QED) is 0.619. The fraction of sp³-hybridized carbons (Fsp3) is 0.500. The largest absolute Gasteiger partial charge is 0.465 e. The molecule has 3 rings (SSSR count). The summed E-state index contributed by atoms with van der Waals surface area (Å²) in [5, 5.41) is 29.7. The van der Waals surface area contributed by atoms with Crippen molar-refractivity contribution in [1.29, 1.82) is 0 Å². The van der Waals surface area contributed by atoms with E-state index in [1.54, 1.807) is 6.07 Å². The zero-order chi connectivity index (χ0) is 16.6. The summed E-state index contributed by atoms with van der Waals surface area (Å²) < 4.78 is 5.44. The van der Waals surface area contributed by atoms with Crippen LogP contribution >= 0.6 is 0 Å². The number of rotatable bonds is 3. The number of benzene rings is 1. The molecule has 2 N–H and O–H groups in total. The van der Waals surface area contributed by atoms with Gasteiger partial charge in [-0.05, 0) is 6.07 Å². The number of amides is 1. The first kappa shape index (κ1) is 15.5. The number of carbonyl (C=O) groups is 1. The van der Waals surface area contributed by atoms with Crippen LogP contribution in [0.15, 0.2) is 18.2 Å². The summed E-state index contributed by atoms with van der Waals surface area (Å²) in [6, 6.07) is 3.77. The van der Waals surface area contributed by atoms with Crippen LogP contribution in [0.3, 0.4) is 0 Å². The van der Waals surface area contributed by atoms with Crippen LogP contribution in [0.4, 0.5) is 16.2 Å². The zero-order valence-electron chi connectivity index (χ0n) is 12.3. The molecule has 1 aromatic rings. The maximum Gasteiger partial charge on any atom is 0.408 e. The van der Waals surface area contributed by atoms with Gasteiger partial charge in [0.2, 0.25) is 0 Å². The molecule has 2 bridgehead atoms. The van der Waals surface area contributed by atoms with Crippen LogP contribution in [0.25, 0.3) is 0 Å². The average Bonchev–Trinajstić information content (AvgIpc) is 2.52. The number of nitrogens with zero attached hydrogens (tertiary/aromatic N) is 3. The summed E-state index contributed by atoms with van der Waals surface area (Å²) >= 11 is 0. The van der Waals surface area contributed by atoms with Crippen LogP contribution in [-0.4, -0.2) is 64.5 Å². The maximum atomic E-state index is 11.4. The molecular weight excluding hydrogens is 306 g/mol. The number of fused-ring (bicyclic) bond motifs is 2. The summed E-state index contributed by atoms with van der Waals surface area (Å²) in [5.41, 5.74) is 1.08. The highest BCUT2D eigenvalue weighted by molar-refractivity contribution is 5.67. The number of carboxylic acid groups (broad SMARTS) is 1. The summed E-state index contributed by atoms with van der Waals surface area (Å²) in [6.45, 7) is 1.17. The van der Waals surface area contributed by atoms with E-state index in [2.05, 4.69) is 0 Å². The van der Waals surface area contributed by atoms with E-state index in [4.69, 9.17) is 4.74 Å². The lowest BCUT2D eigenvalue weighted by molar-refractivity contribution is -0.384. The Kier molecular flexibility index (Phi) is 4.05. The van der Waals surface area contributed by atoms with Gasteiger partial charge in [-0.1, -0.05) is 0 Å². The lowest BCUT2D eigenvalue weighted by atomic mass is 10.0. The van der Waals surface area contributed by atoms with Crippen molar-refractivity contribution < 1.29 is 24.7 Å². The van der Waals surface area contributed by atoms with Crippen molar-refractivity contribution in [1.82, 2.24) is 4.90 Å². The molecule has 2 heterocycles. The zero-order valence-corrected chi connectivity index (χ0v) is 12.3. The highest BCUT2D eigenvalue weighted by atomic mass is 16.6. The number of morpholine rings is 1. The molecule has 2 aliphatic rings. The van der Waals surface area contributed by atoms with Crippen molar-refractivity contribution in [2.45, 2.75) is 18.7 Å². The minimum absolute atomic E-state index is 0.0782. The lowest BCUT2D eigenvalue weighted by Gasteiger charge is -2.49. The van der Waals surface area contributed by atoms with E-state index in [0.717, 1.165) is 0 Å². The molecule has 0 spiro atoms. The number of aliphatic hydroxyl groups is 1. The molecule has 1 aromatic carbocycles. The smallest absolute Gasteiger partial charge is 0.408 e. The molecular formula is C14H17N3O6. The van der Waals surface area contributed by atoms with Gasteiger partial charge in [-0.25, -0.2) is 4.79 Å². The van der Waals surface area contributed by atoms with E-state index >= 15 is 0 Å². The topological polar surface area (TPSA) is 116 Å². The Morgan fingerprint density at radius 3 is 2.52 bits per heavy atom. The Balaban J connectivity index is 1.89. The van der Waals surface area contributed by atoms with Crippen LogP contribution in [0, 0.1) is 10.1 Å². The lowest BCUT2D eigenvalue weighted by Crippen LogP contribution is -2.66. The summed E-state index contributed by atoms with van der Waals surface area (Å²) in [6.07, 6.45) is -0.964. The summed E-state index contributed by atoms with van der Waals surface area (Å²) in [7, 11) is 0. The van der Waals surface area contributed by atoms with E-state index in [1.165, 1.54) is 17.0 Å². The monoisotopic (exact) mass is 323 g/mol. The van der Waals surface area contributed by atoms with Gasteiger partial charge in [0.05, 0.1) is 36.8 Å². The number of nitro benzene ring substituents is 1. The molecule has 124 valence electrons. The third kappa shape index (κ3) is 2.80. The second kappa shape index (κ2) is 6.01. The number of hydrogen-bond donors (Lipinski definition) is 2. The average molecular weight is 323 g/mol. The fourth-order valence-corrected chi connectivity index (χ4v) is 3.29. The number of anilines is 1. The van der Waals surface area contributed by atoms with Crippen molar-refractivity contribution in [2.24, 2.45) is 0 Å². The van der Waals surface area contributed by atoms with Crippen LogP contribution in [-0.2, 0) is 11.3 Å². The molecule has 9 nitrogen and oxygen atoms in total. The molecule has 1 amide bonds. The minimum Gasteiger partial charge on any atom is -0.465 e. The first-order valence-corrected chi connectivity index (χ1v) is 7.23. The highest BCUT2D eigenvalue weighted by Crippen LogP contribution is 2.30. The second-order valence-corrected chi connectivity index (χ2v) is 5.67. The summed E-state index contributed by atoms with van der Waals surface area (Å²) in [4.78, 5) is 25.1. The van der Waals surface area contributed by atoms with Crippen LogP contribution in [0.1, 0.15) is 5.56 Å². The van der Waals surface area contributed by atoms with Crippen molar-refractivity contribution >= 4 is 17.5 Å². The number of ether oxygens (including phenoxy) is 1. The Labute approximate surface area is 131 Å². The standard InChI is InChI=1S/C14H17N3O6/c18-6-9-3-10(17(21)22)1-2-13(9)15-4-11-7-23-8-12(5-15)16(11)14(19)20/h1-3,11-12,18H,4-8H2,(H,19,20). The molecule has 2 aliphatic heterocycles. The van der Waals surface area contributed by atoms with Gasteiger partial charge < -0.3 is 19.8 Å². The predicted octanol–water partition coefficient (Wildman–Crippen LogP) is 0.654. The van der Waals surface area contributed by atoms with Gasteiger partial charge in [-0.2, -0.15) is 0 Å². The number of aliphatic hydroxyl groups excluding tert-OH is 1. The molecule has 2 unspecified atom stereocenters. The minimum atomic E-state index is -0.964. The summed E-state index contributed by atoms with van der Waals surface area (Å²) in [5.74, 6) is 0. The molecule has 0 aliphatic carbocycles. The van der Waals surface area contributed by atoms with Gasteiger partial charge in [0, 0.05) is 36.5 Å². The van der Waals surface area contributed by atoms with Crippen molar-refractivity contribution in [3.8, 4) is 0 Å². The Morgan fingerprint density at radius 1 is 1.35 bits per heavy atom. The third-order valence-corrected chi connectivity index (χ3v) is 4.28. The predicted molar refractivity (Wildman–Crippen MR) is 79.5 cm³/mol. The third-order valence-electron chi connectivity index (χ3n) is 4.28. The second-order valence-electron chi connectivity index (χ2n) is 5.67. The molecule has 0 aromatic heterocycles. The van der Waals surface area contributed by atoms with Crippen LogP contribution in [0.5, 0.6) is 0 Å². The highest BCUT2D eigenvalue weighted by Gasteiger charge is 2.41. The number of nitro groups is 1.